The molecule has 8 heteroatoms. The predicted octanol–water partition coefficient (Wildman–Crippen LogP) is 1.78. The minimum atomic E-state index is -4.42. The van der Waals surface area contributed by atoms with E-state index in [1.807, 2.05) is 0 Å². The Labute approximate surface area is 144 Å². The fraction of sp³-hybridized carbons (Fsp3) is 0.529. The maximum absolute atomic E-state index is 13.0. The summed E-state index contributed by atoms with van der Waals surface area (Å²) in [6.07, 6.45) is -3.98. The second-order valence-electron chi connectivity index (χ2n) is 6.59. The molecule has 0 radical (unpaired) electrons. The number of nitrogens with two attached hydrogens (primary N) is 1. The Hall–Kier alpha value is -2.09. The van der Waals surface area contributed by atoms with E-state index < -0.39 is 29.6 Å². The topological polar surface area (TPSA) is 84.2 Å². The van der Waals surface area contributed by atoms with E-state index in [1.54, 1.807) is 19.9 Å². The van der Waals surface area contributed by atoms with Gasteiger partial charge in [-0.25, -0.2) is 0 Å². The van der Waals surface area contributed by atoms with Crippen LogP contribution in [0.1, 0.15) is 37.3 Å². The number of halogens is 3. The summed E-state index contributed by atoms with van der Waals surface area (Å²) in [7, 11) is 0. The molecule has 1 aromatic rings. The van der Waals surface area contributed by atoms with Crippen molar-refractivity contribution in [2.75, 3.05) is 6.54 Å². The van der Waals surface area contributed by atoms with Crippen molar-refractivity contribution in [1.82, 2.24) is 10.6 Å². The van der Waals surface area contributed by atoms with Gasteiger partial charge in [-0.15, -0.1) is 0 Å². The molecule has 4 N–H and O–H groups in total. The van der Waals surface area contributed by atoms with Crippen LogP contribution in [0.2, 0.25) is 0 Å². The Morgan fingerprint density at radius 3 is 2.52 bits per heavy atom. The van der Waals surface area contributed by atoms with E-state index in [1.165, 1.54) is 12.1 Å². The molecule has 1 aromatic carbocycles. The molecule has 2 amide bonds. The third kappa shape index (κ3) is 4.94. The Morgan fingerprint density at radius 2 is 1.92 bits per heavy atom. The van der Waals surface area contributed by atoms with Gasteiger partial charge in [-0.2, -0.15) is 13.2 Å². The highest BCUT2D eigenvalue weighted by atomic mass is 19.4. The fourth-order valence-corrected chi connectivity index (χ4v) is 2.62. The smallest absolute Gasteiger partial charge is 0.351 e. The molecule has 0 aliphatic heterocycles. The minimum absolute atomic E-state index is 0.0604. The van der Waals surface area contributed by atoms with Gasteiger partial charge in [0.2, 0.25) is 11.8 Å². The van der Waals surface area contributed by atoms with Gasteiger partial charge in [0.05, 0.1) is 18.2 Å². The number of benzene rings is 1. The third-order valence-electron chi connectivity index (χ3n) is 4.25. The second-order valence-corrected chi connectivity index (χ2v) is 6.59. The molecule has 0 bridgehead atoms. The number of alkyl halides is 3. The normalized spacial score (nSPS) is 20.9. The number of carbonyl (C=O) groups excluding carboxylic acids is 2. The first-order valence-electron chi connectivity index (χ1n) is 8.10. The number of hydrogen-bond donors (Lipinski definition) is 3. The molecule has 138 valence electrons. The molecule has 0 heterocycles. The van der Waals surface area contributed by atoms with Crippen molar-refractivity contribution in [1.29, 1.82) is 0 Å². The van der Waals surface area contributed by atoms with Crippen LogP contribution in [-0.4, -0.2) is 30.4 Å². The molecule has 1 aliphatic carbocycles. The molecule has 1 aliphatic rings. The van der Waals surface area contributed by atoms with Crippen LogP contribution in [0, 0.1) is 5.92 Å². The summed E-state index contributed by atoms with van der Waals surface area (Å²) >= 11 is 0. The van der Waals surface area contributed by atoms with E-state index in [9.17, 15) is 22.8 Å². The third-order valence-corrected chi connectivity index (χ3v) is 4.25. The Balaban J connectivity index is 1.87. The van der Waals surface area contributed by atoms with E-state index in [0.717, 1.165) is 6.07 Å². The van der Waals surface area contributed by atoms with E-state index in [0.29, 0.717) is 6.42 Å². The van der Waals surface area contributed by atoms with Gasteiger partial charge in [0, 0.05) is 12.0 Å². The van der Waals surface area contributed by atoms with Crippen LogP contribution < -0.4 is 16.4 Å². The molecule has 1 fully saturated rings. The summed E-state index contributed by atoms with van der Waals surface area (Å²) in [5.74, 6) is -1.30. The van der Waals surface area contributed by atoms with Gasteiger partial charge in [0.1, 0.15) is 0 Å². The second kappa shape index (κ2) is 7.43. The van der Waals surface area contributed by atoms with E-state index >= 15 is 0 Å². The van der Waals surface area contributed by atoms with Crippen molar-refractivity contribution < 1.29 is 22.8 Å². The van der Waals surface area contributed by atoms with E-state index in [4.69, 9.17) is 5.73 Å². The molecule has 5 nitrogen and oxygen atoms in total. The Bertz CT molecular complexity index is 646. The summed E-state index contributed by atoms with van der Waals surface area (Å²) < 4.78 is 39.1. The lowest BCUT2D eigenvalue weighted by Crippen LogP contribution is -2.47. The molecule has 0 spiro atoms. The zero-order valence-corrected chi connectivity index (χ0v) is 14.1. The molecule has 0 aromatic heterocycles. The first-order valence-corrected chi connectivity index (χ1v) is 8.10. The quantitative estimate of drug-likeness (QED) is 0.726. The highest BCUT2D eigenvalue weighted by molar-refractivity contribution is 5.87. The summed E-state index contributed by atoms with van der Waals surface area (Å²) in [5.41, 5.74) is 5.18. The average Bonchev–Trinajstić information content (AvgIpc) is 3.29. The number of nitrogens with one attached hydrogen (secondary N) is 2. The average molecular weight is 357 g/mol. The molecular weight excluding hydrogens is 335 g/mol. The number of amides is 2. The van der Waals surface area contributed by atoms with Crippen molar-refractivity contribution >= 4 is 11.8 Å². The molecule has 3 atom stereocenters. The van der Waals surface area contributed by atoms with Crippen molar-refractivity contribution in [3.63, 3.8) is 0 Å². The SMILES string of the molecule is CC(C)[C@H](N)C(=O)NCC(=O)NC1CC1c1ccccc1C(F)(F)F. The van der Waals surface area contributed by atoms with Crippen LogP contribution >= 0.6 is 0 Å². The minimum Gasteiger partial charge on any atom is -0.351 e. The Kier molecular flexibility index (Phi) is 5.72. The summed E-state index contributed by atoms with van der Waals surface area (Å²) in [4.78, 5) is 23.6. The van der Waals surface area contributed by atoms with Gasteiger partial charge in [-0.05, 0) is 24.0 Å². The zero-order valence-electron chi connectivity index (χ0n) is 14.1. The van der Waals surface area contributed by atoms with Gasteiger partial charge in [-0.1, -0.05) is 32.0 Å². The van der Waals surface area contributed by atoms with Crippen molar-refractivity contribution in [3.8, 4) is 0 Å². The molecule has 1 saturated carbocycles. The van der Waals surface area contributed by atoms with Crippen LogP contribution in [-0.2, 0) is 15.8 Å². The number of hydrogen-bond acceptors (Lipinski definition) is 3. The Morgan fingerprint density at radius 1 is 1.28 bits per heavy atom. The molecule has 25 heavy (non-hydrogen) atoms. The van der Waals surface area contributed by atoms with Gasteiger partial charge in [-0.3, -0.25) is 9.59 Å². The maximum atomic E-state index is 13.0. The standard InChI is InChI=1S/C17H22F3N3O2/c1-9(2)15(21)16(25)22-8-14(24)23-13-7-11(13)10-5-3-4-6-12(10)17(18,19)20/h3-6,9,11,13,15H,7-8,21H2,1-2H3,(H,22,25)(H,23,24)/t11?,13?,15-/m0/s1. The lowest BCUT2D eigenvalue weighted by molar-refractivity contribution is -0.138. The largest absolute Gasteiger partial charge is 0.416 e. The van der Waals surface area contributed by atoms with Crippen molar-refractivity contribution in [2.45, 2.75) is 44.4 Å². The lowest BCUT2D eigenvalue weighted by Gasteiger charge is -2.15. The summed E-state index contributed by atoms with van der Waals surface area (Å²) in [5, 5.41) is 5.07. The van der Waals surface area contributed by atoms with E-state index in [2.05, 4.69) is 10.6 Å². The molecular formula is C17H22F3N3O2. The monoisotopic (exact) mass is 357 g/mol. The van der Waals surface area contributed by atoms with Crippen LogP contribution in [0.5, 0.6) is 0 Å². The van der Waals surface area contributed by atoms with Crippen LogP contribution in [0.4, 0.5) is 13.2 Å². The van der Waals surface area contributed by atoms with Crippen molar-refractivity contribution in [2.24, 2.45) is 11.7 Å². The molecule has 0 saturated heterocycles. The maximum Gasteiger partial charge on any atom is 0.416 e. The van der Waals surface area contributed by atoms with Crippen LogP contribution in [0.25, 0.3) is 0 Å². The first-order chi connectivity index (χ1) is 11.6. The lowest BCUT2D eigenvalue weighted by atomic mass is 10.0. The number of rotatable bonds is 6. The van der Waals surface area contributed by atoms with Crippen molar-refractivity contribution in [3.05, 3.63) is 35.4 Å². The molecule has 2 rings (SSSR count). The highest BCUT2D eigenvalue weighted by Gasteiger charge is 2.44. The fourth-order valence-electron chi connectivity index (χ4n) is 2.62. The van der Waals surface area contributed by atoms with Crippen LogP contribution in [0.15, 0.2) is 24.3 Å². The first kappa shape index (κ1) is 19.2. The number of carbonyl (C=O) groups is 2. The van der Waals surface area contributed by atoms with Crippen LogP contribution in [0.3, 0.4) is 0 Å². The summed E-state index contributed by atoms with van der Waals surface area (Å²) in [6.45, 7) is 3.33. The molecule has 2 unspecified atom stereocenters. The van der Waals surface area contributed by atoms with Gasteiger partial charge in [0.25, 0.3) is 0 Å². The predicted molar refractivity (Wildman–Crippen MR) is 86.6 cm³/mol. The zero-order chi connectivity index (χ0) is 18.8. The van der Waals surface area contributed by atoms with Gasteiger partial charge in [0.15, 0.2) is 0 Å². The highest BCUT2D eigenvalue weighted by Crippen LogP contribution is 2.46. The summed E-state index contributed by atoms with van der Waals surface area (Å²) in [6, 6.07) is 4.31. The van der Waals surface area contributed by atoms with Gasteiger partial charge >= 0.3 is 6.18 Å². The van der Waals surface area contributed by atoms with E-state index in [-0.39, 0.29) is 30.0 Å². The van der Waals surface area contributed by atoms with Gasteiger partial charge < -0.3 is 16.4 Å².